The third kappa shape index (κ3) is 1.62. The monoisotopic (exact) mass is 265 g/mol. The van der Waals surface area contributed by atoms with Crippen LogP contribution < -0.4 is 5.73 Å². The first-order chi connectivity index (χ1) is 8.56. The van der Waals surface area contributed by atoms with Crippen molar-refractivity contribution < 1.29 is 13.6 Å². The summed E-state index contributed by atoms with van der Waals surface area (Å²) in [4.78, 5) is 12.3. The number of halogens is 2. The molecule has 1 heterocycles. The summed E-state index contributed by atoms with van der Waals surface area (Å²) < 4.78 is 27.0. The molecule has 0 saturated heterocycles. The van der Waals surface area contributed by atoms with Gasteiger partial charge in [0, 0.05) is 16.5 Å². The first-order valence-corrected chi connectivity index (χ1v) is 6.28. The number of hydrogen-bond acceptors (Lipinski definition) is 2. The van der Waals surface area contributed by atoms with Crippen molar-refractivity contribution in [2.45, 2.75) is 12.8 Å². The van der Waals surface area contributed by atoms with Gasteiger partial charge in [-0.2, -0.15) is 0 Å². The number of amides is 1. The number of primary amides is 1. The summed E-state index contributed by atoms with van der Waals surface area (Å²) >= 11 is 1.20. The molecule has 1 amide bonds. The standard InChI is InChI=1S/C13H9F2NOS/c14-7-4-9-8(10(15)5-7)2-1-6-3-11(13(16)17)18-12(6)9/h3-5H,1-2H2,(H2,16,17). The quantitative estimate of drug-likeness (QED) is 0.846. The Bertz CT molecular complexity index is 663. The lowest BCUT2D eigenvalue weighted by molar-refractivity contribution is 0.100. The van der Waals surface area contributed by atoms with Crippen molar-refractivity contribution in [3.63, 3.8) is 0 Å². The van der Waals surface area contributed by atoms with Crippen LogP contribution in [-0.4, -0.2) is 5.91 Å². The van der Waals surface area contributed by atoms with Crippen molar-refractivity contribution in [3.8, 4) is 10.4 Å². The third-order valence-electron chi connectivity index (χ3n) is 3.10. The summed E-state index contributed by atoms with van der Waals surface area (Å²) in [5, 5.41) is 0. The molecule has 1 aromatic heterocycles. The Kier molecular flexibility index (Phi) is 2.45. The van der Waals surface area contributed by atoms with Crippen LogP contribution in [0, 0.1) is 11.6 Å². The van der Waals surface area contributed by atoms with Gasteiger partial charge in [0.1, 0.15) is 11.6 Å². The van der Waals surface area contributed by atoms with Crippen LogP contribution in [0.4, 0.5) is 8.78 Å². The lowest BCUT2D eigenvalue weighted by Crippen LogP contribution is -2.08. The first kappa shape index (κ1) is 11.3. The minimum Gasteiger partial charge on any atom is -0.365 e. The summed E-state index contributed by atoms with van der Waals surface area (Å²) in [6.45, 7) is 0. The molecule has 0 fully saturated rings. The lowest BCUT2D eigenvalue weighted by Gasteiger charge is -2.16. The van der Waals surface area contributed by atoms with Gasteiger partial charge in [0.2, 0.25) is 0 Å². The van der Waals surface area contributed by atoms with E-state index in [9.17, 15) is 13.6 Å². The third-order valence-corrected chi connectivity index (χ3v) is 4.33. The fraction of sp³-hybridized carbons (Fsp3) is 0.154. The number of carbonyl (C=O) groups is 1. The molecule has 0 atom stereocenters. The normalized spacial score (nSPS) is 13.0. The SMILES string of the molecule is NC(=O)c1cc2c(s1)-c1cc(F)cc(F)c1CC2. The zero-order valence-corrected chi connectivity index (χ0v) is 10.1. The van der Waals surface area contributed by atoms with Crippen LogP contribution in [0.15, 0.2) is 18.2 Å². The Balaban J connectivity index is 2.24. The van der Waals surface area contributed by atoms with Gasteiger partial charge in [0.25, 0.3) is 5.91 Å². The number of rotatable bonds is 1. The molecule has 3 rings (SSSR count). The number of hydrogen-bond donors (Lipinski definition) is 1. The number of benzene rings is 1. The molecule has 1 aliphatic carbocycles. The van der Waals surface area contributed by atoms with Gasteiger partial charge in [0.15, 0.2) is 0 Å². The largest absolute Gasteiger partial charge is 0.365 e. The molecule has 2 aromatic rings. The van der Waals surface area contributed by atoms with Gasteiger partial charge >= 0.3 is 0 Å². The minimum absolute atomic E-state index is 0.428. The van der Waals surface area contributed by atoms with E-state index in [1.165, 1.54) is 17.4 Å². The second-order valence-corrected chi connectivity index (χ2v) is 5.30. The highest BCUT2D eigenvalue weighted by molar-refractivity contribution is 7.17. The molecular formula is C13H9F2NOS. The van der Waals surface area contributed by atoms with E-state index in [4.69, 9.17) is 5.73 Å². The van der Waals surface area contributed by atoms with Gasteiger partial charge < -0.3 is 5.73 Å². The molecule has 0 bridgehead atoms. The molecule has 0 spiro atoms. The second-order valence-electron chi connectivity index (χ2n) is 4.24. The molecule has 92 valence electrons. The molecule has 0 saturated carbocycles. The summed E-state index contributed by atoms with van der Waals surface area (Å²) in [5.41, 5.74) is 7.23. The average molecular weight is 265 g/mol. The zero-order valence-electron chi connectivity index (χ0n) is 9.30. The van der Waals surface area contributed by atoms with Crippen LogP contribution in [0.25, 0.3) is 10.4 Å². The predicted octanol–water partition coefficient (Wildman–Crippen LogP) is 2.89. The molecule has 5 heteroatoms. The van der Waals surface area contributed by atoms with Crippen LogP contribution in [0.1, 0.15) is 20.8 Å². The van der Waals surface area contributed by atoms with E-state index in [0.29, 0.717) is 28.8 Å². The maximum Gasteiger partial charge on any atom is 0.258 e. The molecule has 18 heavy (non-hydrogen) atoms. The van der Waals surface area contributed by atoms with E-state index in [0.717, 1.165) is 16.5 Å². The number of fused-ring (bicyclic) bond motifs is 3. The predicted molar refractivity (Wildman–Crippen MR) is 65.6 cm³/mol. The molecule has 1 aliphatic rings. The van der Waals surface area contributed by atoms with Crippen molar-refractivity contribution in [3.05, 3.63) is 45.8 Å². The summed E-state index contributed by atoms with van der Waals surface area (Å²) in [7, 11) is 0. The van der Waals surface area contributed by atoms with E-state index in [1.807, 2.05) is 0 Å². The molecule has 2 nitrogen and oxygen atoms in total. The fourth-order valence-electron chi connectivity index (χ4n) is 2.28. The molecule has 0 aliphatic heterocycles. The first-order valence-electron chi connectivity index (χ1n) is 5.47. The van der Waals surface area contributed by atoms with Crippen molar-refractivity contribution in [2.75, 3.05) is 0 Å². The van der Waals surface area contributed by atoms with Crippen LogP contribution in [0.5, 0.6) is 0 Å². The highest BCUT2D eigenvalue weighted by Crippen LogP contribution is 2.40. The Hall–Kier alpha value is -1.75. The molecule has 2 N–H and O–H groups in total. The van der Waals surface area contributed by atoms with E-state index >= 15 is 0 Å². The molecule has 0 radical (unpaired) electrons. The minimum atomic E-state index is -0.604. The van der Waals surface area contributed by atoms with Gasteiger partial charge in [-0.3, -0.25) is 4.79 Å². The molecule has 1 aromatic carbocycles. The fourth-order valence-corrected chi connectivity index (χ4v) is 3.39. The maximum absolute atomic E-state index is 13.7. The van der Waals surface area contributed by atoms with Gasteiger partial charge in [0.05, 0.1) is 4.88 Å². The maximum atomic E-state index is 13.7. The summed E-state index contributed by atoms with van der Waals surface area (Å²) in [5.74, 6) is -1.63. The number of carbonyl (C=O) groups excluding carboxylic acids is 1. The molecular weight excluding hydrogens is 256 g/mol. The summed E-state index contributed by atoms with van der Waals surface area (Å²) in [6.07, 6.45) is 1.16. The highest BCUT2D eigenvalue weighted by atomic mass is 32.1. The Morgan fingerprint density at radius 1 is 1.22 bits per heavy atom. The van der Waals surface area contributed by atoms with Gasteiger partial charge in [-0.05, 0) is 36.1 Å². The second kappa shape index (κ2) is 3.88. The van der Waals surface area contributed by atoms with E-state index in [2.05, 4.69) is 0 Å². The molecule has 0 unspecified atom stereocenters. The Labute approximate surface area is 106 Å². The van der Waals surface area contributed by atoms with Gasteiger partial charge in [-0.15, -0.1) is 11.3 Å². The highest BCUT2D eigenvalue weighted by Gasteiger charge is 2.23. The Morgan fingerprint density at radius 3 is 2.72 bits per heavy atom. The van der Waals surface area contributed by atoms with Crippen molar-refractivity contribution >= 4 is 17.2 Å². The van der Waals surface area contributed by atoms with Crippen LogP contribution in [0.2, 0.25) is 0 Å². The lowest BCUT2D eigenvalue weighted by atomic mass is 9.91. The zero-order chi connectivity index (χ0) is 12.9. The van der Waals surface area contributed by atoms with Crippen molar-refractivity contribution in [2.24, 2.45) is 5.73 Å². The van der Waals surface area contributed by atoms with Crippen LogP contribution >= 0.6 is 11.3 Å². The van der Waals surface area contributed by atoms with Gasteiger partial charge in [-0.1, -0.05) is 0 Å². The van der Waals surface area contributed by atoms with E-state index in [-0.39, 0.29) is 0 Å². The van der Waals surface area contributed by atoms with Crippen molar-refractivity contribution in [1.82, 2.24) is 0 Å². The summed E-state index contributed by atoms with van der Waals surface area (Å²) in [6, 6.07) is 3.93. The van der Waals surface area contributed by atoms with E-state index in [1.54, 1.807) is 6.07 Å². The number of thiophene rings is 1. The Morgan fingerprint density at radius 2 is 2.00 bits per heavy atom. The van der Waals surface area contributed by atoms with Crippen LogP contribution in [0.3, 0.4) is 0 Å². The number of aryl methyl sites for hydroxylation is 1. The van der Waals surface area contributed by atoms with Crippen molar-refractivity contribution in [1.29, 1.82) is 0 Å². The average Bonchev–Trinajstić information content (AvgIpc) is 2.72. The van der Waals surface area contributed by atoms with E-state index < -0.39 is 17.5 Å². The topological polar surface area (TPSA) is 43.1 Å². The van der Waals surface area contributed by atoms with Crippen LogP contribution in [-0.2, 0) is 12.8 Å². The smallest absolute Gasteiger partial charge is 0.258 e. The number of nitrogens with two attached hydrogens (primary N) is 1. The van der Waals surface area contributed by atoms with Gasteiger partial charge in [-0.25, -0.2) is 8.78 Å².